The van der Waals surface area contributed by atoms with Gasteiger partial charge in [-0.2, -0.15) is 5.10 Å². The number of hydrogen-bond donors (Lipinski definition) is 2. The highest BCUT2D eigenvalue weighted by atomic mass is 16.5. The third-order valence-corrected chi connectivity index (χ3v) is 3.71. The zero-order valence-electron chi connectivity index (χ0n) is 14.1. The van der Waals surface area contributed by atoms with E-state index in [1.807, 2.05) is 6.07 Å². The number of imide groups is 1. The predicted molar refractivity (Wildman–Crippen MR) is 95.9 cm³/mol. The molecule has 3 rings (SSSR count). The lowest BCUT2D eigenvalue weighted by Gasteiger charge is -2.07. The first-order valence-electron chi connectivity index (χ1n) is 8.06. The summed E-state index contributed by atoms with van der Waals surface area (Å²) in [5.41, 5.74) is 0.198. The normalized spacial score (nSPS) is 10.4. The summed E-state index contributed by atoms with van der Waals surface area (Å²) in [7, 11) is 0. The number of carbonyl (C=O) groups is 3. The van der Waals surface area contributed by atoms with Crippen LogP contribution < -0.4 is 10.9 Å². The van der Waals surface area contributed by atoms with Crippen LogP contribution in [-0.2, 0) is 20.7 Å². The average molecular weight is 365 g/mol. The van der Waals surface area contributed by atoms with E-state index in [0.29, 0.717) is 5.39 Å². The molecule has 0 saturated carbocycles. The van der Waals surface area contributed by atoms with Crippen LogP contribution in [0.25, 0.3) is 10.8 Å². The van der Waals surface area contributed by atoms with Gasteiger partial charge in [0.2, 0.25) is 5.91 Å². The summed E-state index contributed by atoms with van der Waals surface area (Å²) in [5.74, 6) is -2.14. The highest BCUT2D eigenvalue weighted by Gasteiger charge is 2.17. The van der Waals surface area contributed by atoms with E-state index in [1.54, 1.807) is 48.5 Å². The Bertz CT molecular complexity index is 1060. The van der Waals surface area contributed by atoms with Crippen LogP contribution in [0.15, 0.2) is 59.4 Å². The Balaban J connectivity index is 1.59. The summed E-state index contributed by atoms with van der Waals surface area (Å²) in [6.07, 6.45) is 0.0344. The Labute approximate surface area is 153 Å². The number of hydrogen-bond acceptors (Lipinski definition) is 6. The monoisotopic (exact) mass is 365 g/mol. The molecule has 0 fully saturated rings. The Morgan fingerprint density at radius 3 is 2.33 bits per heavy atom. The molecule has 0 aliphatic heterocycles. The van der Waals surface area contributed by atoms with Crippen molar-refractivity contribution in [3.05, 3.63) is 76.2 Å². The quantitative estimate of drug-likeness (QED) is 0.650. The number of rotatable bonds is 5. The standard InChI is InChI=1S/C19H15N3O5/c23-15(10-12-6-2-1-3-7-12)20-16(24)11-27-19(26)17-13-8-4-5-9-14(13)18(25)22-21-17/h1-9H,10-11H2,(H,22,25)(H,20,23,24). The minimum atomic E-state index is -0.881. The number of ether oxygens (including phenoxy) is 1. The van der Waals surface area contributed by atoms with Gasteiger partial charge in [-0.25, -0.2) is 9.89 Å². The van der Waals surface area contributed by atoms with Crippen LogP contribution in [0.4, 0.5) is 0 Å². The maximum absolute atomic E-state index is 12.2. The molecular formula is C19H15N3O5. The van der Waals surface area contributed by atoms with Crippen molar-refractivity contribution in [2.75, 3.05) is 6.61 Å². The van der Waals surface area contributed by atoms with Crippen LogP contribution in [0.5, 0.6) is 0 Å². The first-order valence-corrected chi connectivity index (χ1v) is 8.06. The average Bonchev–Trinajstić information content (AvgIpc) is 2.67. The Hall–Kier alpha value is -3.81. The summed E-state index contributed by atoms with van der Waals surface area (Å²) in [5, 5.41) is 8.64. The van der Waals surface area contributed by atoms with Crippen molar-refractivity contribution in [3.63, 3.8) is 0 Å². The van der Waals surface area contributed by atoms with Crippen LogP contribution in [0.1, 0.15) is 16.1 Å². The molecule has 2 N–H and O–H groups in total. The lowest BCUT2D eigenvalue weighted by atomic mass is 10.1. The van der Waals surface area contributed by atoms with E-state index < -0.39 is 29.9 Å². The first kappa shape index (κ1) is 18.0. The van der Waals surface area contributed by atoms with Crippen molar-refractivity contribution in [1.82, 2.24) is 15.5 Å². The second-order valence-electron chi connectivity index (χ2n) is 5.66. The van der Waals surface area contributed by atoms with Gasteiger partial charge in [0.05, 0.1) is 11.8 Å². The van der Waals surface area contributed by atoms with Gasteiger partial charge < -0.3 is 4.74 Å². The number of benzene rings is 2. The van der Waals surface area contributed by atoms with Gasteiger partial charge in [-0.1, -0.05) is 48.5 Å². The van der Waals surface area contributed by atoms with Gasteiger partial charge >= 0.3 is 5.97 Å². The topological polar surface area (TPSA) is 118 Å². The molecule has 0 unspecified atom stereocenters. The van der Waals surface area contributed by atoms with E-state index in [9.17, 15) is 19.2 Å². The molecule has 0 saturated heterocycles. The van der Waals surface area contributed by atoms with Crippen molar-refractivity contribution in [2.24, 2.45) is 0 Å². The third kappa shape index (κ3) is 4.43. The summed E-state index contributed by atoms with van der Waals surface area (Å²) in [6.45, 7) is -0.644. The maximum atomic E-state index is 12.2. The molecule has 1 aromatic heterocycles. The SMILES string of the molecule is O=C(COC(=O)c1n[nH]c(=O)c2ccccc12)NC(=O)Cc1ccccc1. The molecule has 0 spiro atoms. The second kappa shape index (κ2) is 8.05. The number of nitrogens with zero attached hydrogens (tertiary/aromatic N) is 1. The third-order valence-electron chi connectivity index (χ3n) is 3.71. The Morgan fingerprint density at radius 1 is 0.926 bits per heavy atom. The van der Waals surface area contributed by atoms with Gasteiger partial charge in [0, 0.05) is 5.39 Å². The molecule has 136 valence electrons. The predicted octanol–water partition coefficient (Wildman–Crippen LogP) is 0.965. The summed E-state index contributed by atoms with van der Waals surface area (Å²) < 4.78 is 4.90. The van der Waals surface area contributed by atoms with Crippen LogP contribution in [0, 0.1) is 0 Å². The van der Waals surface area contributed by atoms with Crippen molar-refractivity contribution < 1.29 is 19.1 Å². The number of aromatic amines is 1. The van der Waals surface area contributed by atoms with E-state index in [4.69, 9.17) is 4.74 Å². The highest BCUT2D eigenvalue weighted by molar-refractivity contribution is 6.03. The van der Waals surface area contributed by atoms with Gasteiger partial charge in [-0.3, -0.25) is 19.7 Å². The molecule has 0 radical (unpaired) electrons. The fourth-order valence-corrected chi connectivity index (χ4v) is 2.49. The number of carbonyl (C=O) groups excluding carboxylic acids is 3. The number of esters is 1. The number of aromatic nitrogens is 2. The summed E-state index contributed by atoms with van der Waals surface area (Å²) in [6, 6.07) is 15.3. The maximum Gasteiger partial charge on any atom is 0.359 e. The Kier molecular flexibility index (Phi) is 5.36. The van der Waals surface area contributed by atoms with Gasteiger partial charge in [-0.15, -0.1) is 0 Å². The Morgan fingerprint density at radius 2 is 1.59 bits per heavy atom. The van der Waals surface area contributed by atoms with E-state index in [0.717, 1.165) is 5.56 Å². The molecule has 0 atom stereocenters. The summed E-state index contributed by atoms with van der Waals surface area (Å²) in [4.78, 5) is 47.5. The van der Waals surface area contributed by atoms with Crippen LogP contribution in [-0.4, -0.2) is 34.6 Å². The fourth-order valence-electron chi connectivity index (χ4n) is 2.49. The molecule has 8 nitrogen and oxygen atoms in total. The van der Waals surface area contributed by atoms with Crippen LogP contribution >= 0.6 is 0 Å². The summed E-state index contributed by atoms with van der Waals surface area (Å²) >= 11 is 0. The van der Waals surface area contributed by atoms with E-state index in [2.05, 4.69) is 15.5 Å². The molecule has 2 aromatic carbocycles. The molecule has 27 heavy (non-hydrogen) atoms. The van der Waals surface area contributed by atoms with Gasteiger partial charge in [-0.05, 0) is 11.6 Å². The number of fused-ring (bicyclic) bond motifs is 1. The molecule has 3 aromatic rings. The molecule has 0 bridgehead atoms. The van der Waals surface area contributed by atoms with E-state index >= 15 is 0 Å². The fraction of sp³-hybridized carbons (Fsp3) is 0.105. The van der Waals surface area contributed by atoms with Crippen LogP contribution in [0.3, 0.4) is 0 Å². The number of amides is 2. The molecule has 1 heterocycles. The van der Waals surface area contributed by atoms with Crippen molar-refractivity contribution >= 4 is 28.6 Å². The van der Waals surface area contributed by atoms with Crippen molar-refractivity contribution in [3.8, 4) is 0 Å². The number of H-pyrrole nitrogens is 1. The molecule has 0 aliphatic carbocycles. The zero-order chi connectivity index (χ0) is 19.2. The van der Waals surface area contributed by atoms with Crippen molar-refractivity contribution in [1.29, 1.82) is 0 Å². The van der Waals surface area contributed by atoms with E-state index in [-0.39, 0.29) is 17.5 Å². The largest absolute Gasteiger partial charge is 0.451 e. The first-order chi connectivity index (χ1) is 13.0. The van der Waals surface area contributed by atoms with Crippen LogP contribution in [0.2, 0.25) is 0 Å². The highest BCUT2D eigenvalue weighted by Crippen LogP contribution is 2.13. The van der Waals surface area contributed by atoms with Crippen molar-refractivity contribution in [2.45, 2.75) is 6.42 Å². The molecule has 2 amide bonds. The molecular weight excluding hydrogens is 350 g/mol. The minimum absolute atomic E-state index is 0.0344. The zero-order valence-corrected chi connectivity index (χ0v) is 14.1. The minimum Gasteiger partial charge on any atom is -0.451 e. The molecule has 8 heteroatoms. The lowest BCUT2D eigenvalue weighted by Crippen LogP contribution is -2.35. The molecule has 0 aliphatic rings. The van der Waals surface area contributed by atoms with Gasteiger partial charge in [0.1, 0.15) is 0 Å². The second-order valence-corrected chi connectivity index (χ2v) is 5.66. The lowest BCUT2D eigenvalue weighted by molar-refractivity contribution is -0.132. The number of nitrogens with one attached hydrogen (secondary N) is 2. The smallest absolute Gasteiger partial charge is 0.359 e. The van der Waals surface area contributed by atoms with E-state index in [1.165, 1.54) is 0 Å². The van der Waals surface area contributed by atoms with Gasteiger partial charge in [0.25, 0.3) is 11.5 Å². The van der Waals surface area contributed by atoms with Gasteiger partial charge in [0.15, 0.2) is 12.3 Å².